The minimum absolute atomic E-state index is 0.291. The minimum atomic E-state index is -3.38. The Labute approximate surface area is 94.7 Å². The fourth-order valence-electron chi connectivity index (χ4n) is 1.30. The number of nitrogens with zero attached hydrogens (tertiary/aromatic N) is 1. The third-order valence-electron chi connectivity index (χ3n) is 2.05. The maximum Gasteiger partial charge on any atom is 0.187 e. The van der Waals surface area contributed by atoms with Gasteiger partial charge in [-0.15, -0.1) is 0 Å². The Morgan fingerprint density at radius 3 is 2.38 bits per heavy atom. The van der Waals surface area contributed by atoms with Crippen molar-refractivity contribution < 1.29 is 8.42 Å². The van der Waals surface area contributed by atoms with E-state index < -0.39 is 9.84 Å². The van der Waals surface area contributed by atoms with Gasteiger partial charge >= 0.3 is 0 Å². The topological polar surface area (TPSA) is 47.0 Å². The molecular formula is C12H10NO2S. The highest BCUT2D eigenvalue weighted by atomic mass is 32.2. The molecule has 1 aromatic carbocycles. The third-order valence-corrected chi connectivity index (χ3v) is 3.56. The van der Waals surface area contributed by atoms with Gasteiger partial charge in [0.15, 0.2) is 9.84 Å². The Hall–Kier alpha value is -1.68. The van der Waals surface area contributed by atoms with Crippen LogP contribution in [0.2, 0.25) is 0 Å². The van der Waals surface area contributed by atoms with Gasteiger partial charge in [-0.2, -0.15) is 0 Å². The Bertz CT molecular complexity index is 550. The molecule has 0 spiro atoms. The molecule has 2 aromatic rings. The molecule has 0 N–H and O–H groups in total. The molecule has 0 bridgehead atoms. The summed E-state index contributed by atoms with van der Waals surface area (Å²) >= 11 is 0. The van der Waals surface area contributed by atoms with Gasteiger partial charge in [0.05, 0.1) is 4.90 Å². The predicted molar refractivity (Wildman–Crippen MR) is 61.3 cm³/mol. The molecule has 16 heavy (non-hydrogen) atoms. The van der Waals surface area contributed by atoms with E-state index in [2.05, 4.69) is 4.98 Å². The van der Waals surface area contributed by atoms with Gasteiger partial charge in [-0.25, -0.2) is 8.42 Å². The zero-order valence-electron chi connectivity index (χ0n) is 8.45. The van der Waals surface area contributed by atoms with Crippen molar-refractivity contribution in [3.05, 3.63) is 66.2 Å². The molecule has 1 aromatic heterocycles. The Kier molecular flexibility index (Phi) is 3.01. The number of hydrogen-bond acceptors (Lipinski definition) is 3. The first-order valence-electron chi connectivity index (χ1n) is 4.73. The van der Waals surface area contributed by atoms with E-state index in [1.54, 1.807) is 48.7 Å². The van der Waals surface area contributed by atoms with Crippen LogP contribution in [0.15, 0.2) is 59.8 Å². The van der Waals surface area contributed by atoms with E-state index >= 15 is 0 Å². The van der Waals surface area contributed by atoms with E-state index in [0.29, 0.717) is 10.5 Å². The minimum Gasteiger partial charge on any atom is -0.264 e. The third kappa shape index (κ3) is 2.46. The van der Waals surface area contributed by atoms with Crippen LogP contribution in [0, 0.1) is 5.75 Å². The molecule has 0 aliphatic carbocycles. The van der Waals surface area contributed by atoms with Crippen LogP contribution >= 0.6 is 0 Å². The maximum atomic E-state index is 11.9. The highest BCUT2D eigenvalue weighted by Crippen LogP contribution is 2.16. The van der Waals surface area contributed by atoms with Crippen LogP contribution in [-0.2, 0) is 9.84 Å². The Morgan fingerprint density at radius 1 is 1.00 bits per heavy atom. The molecule has 0 aliphatic rings. The standard InChI is InChI=1S/C12H10NO2S/c14-16(15,12-6-2-1-3-7-12)10-11-5-4-8-13-9-11/h1-10H. The van der Waals surface area contributed by atoms with Crippen molar-refractivity contribution in [3.63, 3.8) is 0 Å². The first-order chi connectivity index (χ1) is 7.68. The monoisotopic (exact) mass is 232 g/mol. The van der Waals surface area contributed by atoms with Crippen molar-refractivity contribution in [1.82, 2.24) is 4.98 Å². The van der Waals surface area contributed by atoms with Gasteiger partial charge in [0.2, 0.25) is 0 Å². The molecule has 2 rings (SSSR count). The zero-order chi connectivity index (χ0) is 11.4. The van der Waals surface area contributed by atoms with Crippen LogP contribution in [0.4, 0.5) is 0 Å². The number of aromatic nitrogens is 1. The van der Waals surface area contributed by atoms with Gasteiger partial charge in [-0.3, -0.25) is 4.98 Å². The molecule has 3 nitrogen and oxygen atoms in total. The Morgan fingerprint density at radius 2 is 1.75 bits per heavy atom. The lowest BCUT2D eigenvalue weighted by molar-refractivity contribution is 0.602. The first kappa shape index (κ1) is 10.8. The molecule has 0 atom stereocenters. The van der Waals surface area contributed by atoms with Crippen LogP contribution < -0.4 is 0 Å². The van der Waals surface area contributed by atoms with Crippen molar-refractivity contribution >= 4 is 9.84 Å². The second kappa shape index (κ2) is 4.45. The highest BCUT2D eigenvalue weighted by molar-refractivity contribution is 7.93. The predicted octanol–water partition coefficient (Wildman–Crippen LogP) is 2.07. The van der Waals surface area contributed by atoms with Gasteiger partial charge in [-0.05, 0) is 23.8 Å². The number of benzene rings is 1. The van der Waals surface area contributed by atoms with Gasteiger partial charge < -0.3 is 0 Å². The lowest BCUT2D eigenvalue weighted by atomic mass is 10.3. The quantitative estimate of drug-likeness (QED) is 0.813. The summed E-state index contributed by atoms with van der Waals surface area (Å²) in [4.78, 5) is 4.16. The number of sulfone groups is 1. The zero-order valence-corrected chi connectivity index (χ0v) is 9.26. The van der Waals surface area contributed by atoms with Crippen molar-refractivity contribution in [3.8, 4) is 0 Å². The summed E-state index contributed by atoms with van der Waals surface area (Å²) in [5, 5.41) is 0. The average Bonchev–Trinajstić information content (AvgIpc) is 2.31. The lowest BCUT2D eigenvalue weighted by Crippen LogP contribution is -2.02. The van der Waals surface area contributed by atoms with Crippen LogP contribution in [0.1, 0.15) is 5.56 Å². The largest absolute Gasteiger partial charge is 0.264 e. The average molecular weight is 232 g/mol. The summed E-state index contributed by atoms with van der Waals surface area (Å²) < 4.78 is 23.8. The smallest absolute Gasteiger partial charge is 0.187 e. The van der Waals surface area contributed by atoms with Crippen LogP contribution in [0.25, 0.3) is 0 Å². The van der Waals surface area contributed by atoms with Crippen molar-refractivity contribution in [2.75, 3.05) is 0 Å². The maximum absolute atomic E-state index is 11.9. The molecule has 1 radical (unpaired) electrons. The molecule has 0 saturated carbocycles. The number of rotatable bonds is 3. The summed E-state index contributed by atoms with van der Waals surface area (Å²) in [5.74, 6) is 1.22. The van der Waals surface area contributed by atoms with E-state index in [1.165, 1.54) is 11.9 Å². The first-order valence-corrected chi connectivity index (χ1v) is 6.28. The van der Waals surface area contributed by atoms with Crippen LogP contribution in [0.3, 0.4) is 0 Å². The molecule has 1 heterocycles. The highest BCUT2D eigenvalue weighted by Gasteiger charge is 2.15. The van der Waals surface area contributed by atoms with Crippen LogP contribution in [0.5, 0.6) is 0 Å². The molecule has 0 aliphatic heterocycles. The summed E-state index contributed by atoms with van der Waals surface area (Å²) in [6, 6.07) is 11.7. The molecular weight excluding hydrogens is 222 g/mol. The van der Waals surface area contributed by atoms with E-state index in [4.69, 9.17) is 0 Å². The molecule has 0 fully saturated rings. The fourth-order valence-corrected chi connectivity index (χ4v) is 2.47. The lowest BCUT2D eigenvalue weighted by Gasteiger charge is -2.02. The number of hydrogen-bond donors (Lipinski definition) is 0. The second-order valence-corrected chi connectivity index (χ2v) is 5.06. The SMILES string of the molecule is O=S(=O)([CH]c1cccnc1)c1ccccc1. The van der Waals surface area contributed by atoms with Gasteiger partial charge in [0.1, 0.15) is 5.75 Å². The van der Waals surface area contributed by atoms with Crippen molar-refractivity contribution in [2.24, 2.45) is 0 Å². The molecule has 4 heteroatoms. The van der Waals surface area contributed by atoms with Crippen molar-refractivity contribution in [1.29, 1.82) is 0 Å². The second-order valence-electron chi connectivity index (χ2n) is 3.26. The van der Waals surface area contributed by atoms with E-state index in [9.17, 15) is 8.42 Å². The summed E-state index contributed by atoms with van der Waals surface area (Å²) in [6.45, 7) is 0. The summed E-state index contributed by atoms with van der Waals surface area (Å²) in [7, 11) is -3.38. The van der Waals surface area contributed by atoms with E-state index in [1.807, 2.05) is 0 Å². The van der Waals surface area contributed by atoms with E-state index in [0.717, 1.165) is 0 Å². The normalized spacial score (nSPS) is 11.2. The van der Waals surface area contributed by atoms with Gasteiger partial charge in [-0.1, -0.05) is 24.3 Å². The van der Waals surface area contributed by atoms with Crippen molar-refractivity contribution in [2.45, 2.75) is 4.90 Å². The molecule has 0 saturated heterocycles. The fraction of sp³-hybridized carbons (Fsp3) is 0. The van der Waals surface area contributed by atoms with E-state index in [-0.39, 0.29) is 0 Å². The van der Waals surface area contributed by atoms with Gasteiger partial charge in [0, 0.05) is 12.4 Å². The van der Waals surface area contributed by atoms with Gasteiger partial charge in [0.25, 0.3) is 0 Å². The number of pyridine rings is 1. The molecule has 0 unspecified atom stereocenters. The molecule has 81 valence electrons. The molecule has 0 amide bonds. The summed E-state index contributed by atoms with van der Waals surface area (Å²) in [6.07, 6.45) is 3.12. The Balaban J connectivity index is 2.29. The van der Waals surface area contributed by atoms with Crippen LogP contribution in [-0.4, -0.2) is 13.4 Å². The summed E-state index contributed by atoms with van der Waals surface area (Å²) in [5.41, 5.74) is 0.575.